The molecule has 0 unspecified atom stereocenters. The number of amides is 1. The number of nitrogens with one attached hydrogen (secondary N) is 1. The average molecular weight is 522 g/mol. The van der Waals surface area contributed by atoms with Gasteiger partial charge in [0.25, 0.3) is 0 Å². The predicted octanol–water partition coefficient (Wildman–Crippen LogP) is 6.10. The van der Waals surface area contributed by atoms with E-state index in [9.17, 15) is 4.79 Å². The number of para-hydroxylation sites is 1. The van der Waals surface area contributed by atoms with Crippen LogP contribution in [-0.2, 0) is 11.2 Å². The molecule has 0 radical (unpaired) electrons. The van der Waals surface area contributed by atoms with E-state index < -0.39 is 0 Å². The minimum Gasteiger partial charge on any atom is -0.321 e. The number of nitrogens with zero attached hydrogens (tertiary/aromatic N) is 2. The van der Waals surface area contributed by atoms with Gasteiger partial charge in [0.1, 0.15) is 0 Å². The molecule has 0 atom stereocenters. The van der Waals surface area contributed by atoms with Gasteiger partial charge in [0.15, 0.2) is 0 Å². The van der Waals surface area contributed by atoms with Crippen LogP contribution in [0.2, 0.25) is 0 Å². The molecule has 0 saturated carbocycles. The van der Waals surface area contributed by atoms with Crippen molar-refractivity contribution in [1.82, 2.24) is 9.80 Å². The second-order valence-corrected chi connectivity index (χ2v) is 9.99. The Balaban J connectivity index is 0.00000361. The average Bonchev–Trinajstić information content (AvgIpc) is 2.91. The maximum Gasteiger partial charge on any atom is 0.248 e. The van der Waals surface area contributed by atoms with E-state index in [2.05, 4.69) is 51.5 Å². The zero-order valence-electron chi connectivity index (χ0n) is 20.7. The van der Waals surface area contributed by atoms with Crippen LogP contribution in [0.5, 0.6) is 0 Å². The topological polar surface area (TPSA) is 35.6 Å². The molecule has 0 bridgehead atoms. The lowest BCUT2D eigenvalue weighted by atomic mass is 10.1. The van der Waals surface area contributed by atoms with E-state index >= 15 is 0 Å². The molecule has 36 heavy (non-hydrogen) atoms. The zero-order valence-corrected chi connectivity index (χ0v) is 22.4. The van der Waals surface area contributed by atoms with Gasteiger partial charge < -0.3 is 15.1 Å². The second kappa shape index (κ2) is 15.5. The maximum atomic E-state index is 12.4. The summed E-state index contributed by atoms with van der Waals surface area (Å²) in [5.41, 5.74) is 3.32. The molecule has 1 amide bonds. The number of anilines is 1. The first-order valence-corrected chi connectivity index (χ1v) is 13.5. The molecule has 0 aromatic heterocycles. The summed E-state index contributed by atoms with van der Waals surface area (Å²) in [6.45, 7) is 6.90. The SMILES string of the molecule is Cl.O=C(C=Cc1ccccc1)Nc1ccccc1SCCCN1CCN(CCc2ccccc2)CC1. The molecule has 1 heterocycles. The summed E-state index contributed by atoms with van der Waals surface area (Å²) in [5, 5.41) is 3.04. The summed E-state index contributed by atoms with van der Waals surface area (Å²) < 4.78 is 0. The molecule has 4 nitrogen and oxygen atoms in total. The van der Waals surface area contributed by atoms with E-state index in [1.807, 2.05) is 66.4 Å². The van der Waals surface area contributed by atoms with Gasteiger partial charge in [-0.15, -0.1) is 24.2 Å². The van der Waals surface area contributed by atoms with Gasteiger partial charge in [-0.2, -0.15) is 0 Å². The van der Waals surface area contributed by atoms with E-state index in [1.165, 1.54) is 5.56 Å². The first kappa shape index (κ1) is 28.0. The van der Waals surface area contributed by atoms with Crippen LogP contribution in [-0.4, -0.2) is 60.7 Å². The van der Waals surface area contributed by atoms with Crippen molar-refractivity contribution in [2.24, 2.45) is 0 Å². The van der Waals surface area contributed by atoms with Crippen LogP contribution in [0.1, 0.15) is 17.5 Å². The Morgan fingerprint density at radius 1 is 0.806 bits per heavy atom. The lowest BCUT2D eigenvalue weighted by Crippen LogP contribution is -2.47. The van der Waals surface area contributed by atoms with E-state index in [4.69, 9.17) is 0 Å². The van der Waals surface area contributed by atoms with Gasteiger partial charge in [-0.25, -0.2) is 0 Å². The molecular formula is C30H36ClN3OS. The highest BCUT2D eigenvalue weighted by molar-refractivity contribution is 7.99. The lowest BCUT2D eigenvalue weighted by molar-refractivity contribution is -0.111. The first-order valence-electron chi connectivity index (χ1n) is 12.5. The van der Waals surface area contributed by atoms with Crippen molar-refractivity contribution in [3.05, 3.63) is 102 Å². The van der Waals surface area contributed by atoms with Gasteiger partial charge in [0, 0.05) is 43.7 Å². The summed E-state index contributed by atoms with van der Waals surface area (Å²) in [5.74, 6) is 0.938. The Hall–Kier alpha value is -2.57. The van der Waals surface area contributed by atoms with Crippen molar-refractivity contribution in [2.45, 2.75) is 17.7 Å². The third-order valence-corrected chi connectivity index (χ3v) is 7.43. The monoisotopic (exact) mass is 521 g/mol. The molecule has 1 aliphatic rings. The number of hydrogen-bond acceptors (Lipinski definition) is 4. The first-order chi connectivity index (χ1) is 17.3. The number of piperazine rings is 1. The fourth-order valence-electron chi connectivity index (χ4n) is 4.24. The van der Waals surface area contributed by atoms with Gasteiger partial charge in [-0.05, 0) is 54.5 Å². The Bertz CT molecular complexity index is 1070. The van der Waals surface area contributed by atoms with Crippen LogP contribution in [0.25, 0.3) is 6.08 Å². The molecule has 3 aromatic carbocycles. The van der Waals surface area contributed by atoms with E-state index in [-0.39, 0.29) is 18.3 Å². The van der Waals surface area contributed by atoms with Gasteiger partial charge in [0.2, 0.25) is 5.91 Å². The van der Waals surface area contributed by atoms with E-state index in [1.54, 1.807) is 6.08 Å². The molecule has 0 spiro atoms. The largest absolute Gasteiger partial charge is 0.321 e. The van der Waals surface area contributed by atoms with Crippen molar-refractivity contribution in [1.29, 1.82) is 0 Å². The Morgan fingerprint density at radius 2 is 1.42 bits per heavy atom. The summed E-state index contributed by atoms with van der Waals surface area (Å²) in [4.78, 5) is 18.7. The summed E-state index contributed by atoms with van der Waals surface area (Å²) >= 11 is 1.82. The molecule has 0 aliphatic carbocycles. The molecule has 1 fully saturated rings. The number of carbonyl (C=O) groups is 1. The van der Waals surface area contributed by atoms with Gasteiger partial charge >= 0.3 is 0 Å². The molecule has 1 saturated heterocycles. The number of rotatable bonds is 11. The molecule has 4 rings (SSSR count). The van der Waals surface area contributed by atoms with Crippen LogP contribution >= 0.6 is 24.2 Å². The molecule has 1 aliphatic heterocycles. The van der Waals surface area contributed by atoms with Crippen molar-refractivity contribution in [3.63, 3.8) is 0 Å². The molecule has 190 valence electrons. The quantitative estimate of drug-likeness (QED) is 0.188. The van der Waals surface area contributed by atoms with Crippen LogP contribution in [0.3, 0.4) is 0 Å². The summed E-state index contributed by atoms with van der Waals surface area (Å²) in [7, 11) is 0. The minimum atomic E-state index is -0.105. The van der Waals surface area contributed by atoms with Crippen molar-refractivity contribution in [2.75, 3.05) is 50.3 Å². The van der Waals surface area contributed by atoms with Gasteiger partial charge in [0.05, 0.1) is 5.69 Å². The van der Waals surface area contributed by atoms with Crippen LogP contribution in [0.4, 0.5) is 5.69 Å². The highest BCUT2D eigenvalue weighted by atomic mass is 35.5. The Kier molecular flexibility index (Phi) is 12.1. The Labute approximate surface area is 226 Å². The summed E-state index contributed by atoms with van der Waals surface area (Å²) in [6, 6.07) is 28.7. The number of hydrogen-bond donors (Lipinski definition) is 1. The van der Waals surface area contributed by atoms with Crippen molar-refractivity contribution in [3.8, 4) is 0 Å². The lowest BCUT2D eigenvalue weighted by Gasteiger charge is -2.34. The standard InChI is InChI=1S/C30H35N3OS.ClH/c34-30(17-16-26-10-3-1-4-11-26)31-28-14-7-8-15-29(28)35-25-9-19-32-21-23-33(24-22-32)20-18-27-12-5-2-6-13-27;/h1-8,10-17H,9,18-25H2,(H,31,34);1H. The smallest absolute Gasteiger partial charge is 0.248 e. The molecular weight excluding hydrogens is 486 g/mol. The normalized spacial score (nSPS) is 14.4. The van der Waals surface area contributed by atoms with E-state index in [0.29, 0.717) is 0 Å². The maximum absolute atomic E-state index is 12.4. The molecule has 1 N–H and O–H groups in total. The summed E-state index contributed by atoms with van der Waals surface area (Å²) in [6.07, 6.45) is 5.71. The fourth-order valence-corrected chi connectivity index (χ4v) is 5.19. The number of carbonyl (C=O) groups excluding carboxylic acids is 1. The highest BCUT2D eigenvalue weighted by Gasteiger charge is 2.16. The number of halogens is 1. The highest BCUT2D eigenvalue weighted by Crippen LogP contribution is 2.27. The second-order valence-electron chi connectivity index (χ2n) is 8.85. The van der Waals surface area contributed by atoms with Crippen LogP contribution in [0.15, 0.2) is 95.9 Å². The van der Waals surface area contributed by atoms with Crippen LogP contribution in [0, 0.1) is 0 Å². The molecule has 3 aromatic rings. The number of thioether (sulfide) groups is 1. The van der Waals surface area contributed by atoms with E-state index in [0.717, 1.165) is 74.0 Å². The zero-order chi connectivity index (χ0) is 24.1. The van der Waals surface area contributed by atoms with Gasteiger partial charge in [-0.3, -0.25) is 4.79 Å². The predicted molar refractivity (Wildman–Crippen MR) is 156 cm³/mol. The van der Waals surface area contributed by atoms with Gasteiger partial charge in [-0.1, -0.05) is 72.8 Å². The van der Waals surface area contributed by atoms with Crippen LogP contribution < -0.4 is 5.32 Å². The third-order valence-electron chi connectivity index (χ3n) is 6.27. The Morgan fingerprint density at radius 3 is 2.14 bits per heavy atom. The molecule has 6 heteroatoms. The van der Waals surface area contributed by atoms with Crippen molar-refractivity contribution >= 4 is 41.8 Å². The third kappa shape index (κ3) is 9.47. The fraction of sp³-hybridized carbons (Fsp3) is 0.300. The number of benzene rings is 3. The minimum absolute atomic E-state index is 0. The van der Waals surface area contributed by atoms with Crippen molar-refractivity contribution < 1.29 is 4.79 Å².